The van der Waals surface area contributed by atoms with Crippen LogP contribution in [0.15, 0.2) is 40.9 Å². The number of amides is 2. The lowest BCUT2D eigenvalue weighted by atomic mass is 10.1. The first-order chi connectivity index (χ1) is 14.1. The van der Waals surface area contributed by atoms with Gasteiger partial charge in [0.15, 0.2) is 17.4 Å². The van der Waals surface area contributed by atoms with Crippen LogP contribution in [0.2, 0.25) is 0 Å². The summed E-state index contributed by atoms with van der Waals surface area (Å²) < 4.78 is 73.5. The molecule has 4 rings (SSSR count). The Labute approximate surface area is 165 Å². The molecule has 0 aliphatic heterocycles. The van der Waals surface area contributed by atoms with Gasteiger partial charge >= 0.3 is 12.2 Å². The molecule has 1 atom stereocenters. The topological polar surface area (TPSA) is 83.0 Å². The van der Waals surface area contributed by atoms with Gasteiger partial charge in [0.05, 0.1) is 11.7 Å². The summed E-state index contributed by atoms with van der Waals surface area (Å²) in [5.74, 6) is -2.83. The molecule has 2 amide bonds. The van der Waals surface area contributed by atoms with Gasteiger partial charge in [-0.1, -0.05) is 0 Å². The summed E-state index contributed by atoms with van der Waals surface area (Å²) >= 11 is 0. The normalized spacial score (nSPS) is 13.0. The number of aromatic amines is 1. The third-order valence-electron chi connectivity index (χ3n) is 4.56. The Kier molecular flexibility index (Phi) is 4.60. The van der Waals surface area contributed by atoms with Gasteiger partial charge in [-0.05, 0) is 31.2 Å². The fraction of sp³-hybridized carbons (Fsp3) is 0.158. The summed E-state index contributed by atoms with van der Waals surface area (Å²) in [5, 5.41) is 11.1. The molecule has 3 N–H and O–H groups in total. The number of aromatic nitrogens is 2. The Morgan fingerprint density at radius 1 is 1.20 bits per heavy atom. The molecule has 4 aromatic rings. The Morgan fingerprint density at radius 3 is 2.70 bits per heavy atom. The highest BCUT2D eigenvalue weighted by molar-refractivity contribution is 5.93. The molecular formula is C19H13F5N4O2. The molecule has 0 saturated carbocycles. The van der Waals surface area contributed by atoms with Crippen molar-refractivity contribution in [2.75, 3.05) is 5.32 Å². The molecule has 0 bridgehead atoms. The molecule has 0 aliphatic carbocycles. The van der Waals surface area contributed by atoms with Crippen LogP contribution in [-0.2, 0) is 0 Å². The van der Waals surface area contributed by atoms with Crippen LogP contribution in [0.5, 0.6) is 0 Å². The van der Waals surface area contributed by atoms with Gasteiger partial charge in [0.1, 0.15) is 11.6 Å². The third kappa shape index (κ3) is 3.53. The van der Waals surface area contributed by atoms with Crippen LogP contribution in [0.3, 0.4) is 0 Å². The van der Waals surface area contributed by atoms with E-state index in [9.17, 15) is 26.7 Å². The summed E-state index contributed by atoms with van der Waals surface area (Å²) in [6, 6.07) is 2.23. The van der Waals surface area contributed by atoms with E-state index in [4.69, 9.17) is 4.42 Å². The number of anilines is 1. The first-order valence-corrected chi connectivity index (χ1v) is 8.59. The number of benzene rings is 2. The van der Waals surface area contributed by atoms with Crippen molar-refractivity contribution in [1.29, 1.82) is 0 Å². The van der Waals surface area contributed by atoms with Crippen LogP contribution in [0.1, 0.15) is 17.4 Å². The molecule has 0 radical (unpaired) electrons. The smallest absolute Gasteiger partial charge is 0.416 e. The number of carbonyl (C=O) groups excluding carboxylic acids is 1. The molecule has 2 heterocycles. The highest BCUT2D eigenvalue weighted by Gasteiger charge is 2.45. The van der Waals surface area contributed by atoms with E-state index < -0.39 is 41.2 Å². The Balaban J connectivity index is 1.65. The largest absolute Gasteiger partial charge is 0.455 e. The number of hydrogen-bond donors (Lipinski definition) is 3. The number of aryl methyl sites for hydroxylation is 1. The van der Waals surface area contributed by atoms with E-state index in [1.54, 1.807) is 11.4 Å². The van der Waals surface area contributed by atoms with E-state index in [0.29, 0.717) is 17.0 Å². The second kappa shape index (κ2) is 7.01. The number of alkyl halides is 3. The molecule has 0 fully saturated rings. The molecule has 2 aromatic carbocycles. The van der Waals surface area contributed by atoms with E-state index in [1.807, 2.05) is 0 Å². The lowest BCUT2D eigenvalue weighted by molar-refractivity contribution is -0.158. The molecular weight excluding hydrogens is 411 g/mol. The molecule has 0 saturated heterocycles. The zero-order valence-corrected chi connectivity index (χ0v) is 15.2. The number of urea groups is 1. The van der Waals surface area contributed by atoms with E-state index in [0.717, 1.165) is 6.07 Å². The van der Waals surface area contributed by atoms with Crippen molar-refractivity contribution >= 4 is 33.6 Å². The van der Waals surface area contributed by atoms with Gasteiger partial charge in [-0.3, -0.25) is 5.10 Å². The number of hydrogen-bond acceptors (Lipinski definition) is 3. The Bertz CT molecular complexity index is 1260. The molecule has 2 aromatic heterocycles. The van der Waals surface area contributed by atoms with Gasteiger partial charge < -0.3 is 15.1 Å². The molecule has 6 nitrogen and oxygen atoms in total. The number of halogens is 5. The van der Waals surface area contributed by atoms with Gasteiger partial charge in [0.25, 0.3) is 0 Å². The highest BCUT2D eigenvalue weighted by atomic mass is 19.4. The molecule has 30 heavy (non-hydrogen) atoms. The number of rotatable bonds is 3. The third-order valence-corrected chi connectivity index (χ3v) is 4.56. The second-order valence-electron chi connectivity index (χ2n) is 6.60. The summed E-state index contributed by atoms with van der Waals surface area (Å²) in [4.78, 5) is 12.2. The van der Waals surface area contributed by atoms with Gasteiger partial charge in [-0.25, -0.2) is 13.6 Å². The second-order valence-corrected chi connectivity index (χ2v) is 6.60. The summed E-state index contributed by atoms with van der Waals surface area (Å²) in [7, 11) is 0. The Hall–Kier alpha value is -3.63. The standard InChI is InChI=1S/C19H13F5N4O2/c1-8-12-5-10(20)6-13(21)16(12)30-15(8)17(19(22,23)24)27-18(29)26-11-2-3-14-9(4-11)7-25-28-14/h2-7,17H,1H3,(H,25,28)(H2,26,27,29)/t17-/m0/s1. The van der Waals surface area contributed by atoms with E-state index in [2.05, 4.69) is 15.5 Å². The van der Waals surface area contributed by atoms with Gasteiger partial charge in [0, 0.05) is 28.1 Å². The minimum atomic E-state index is -4.96. The Morgan fingerprint density at radius 2 is 1.97 bits per heavy atom. The van der Waals surface area contributed by atoms with Crippen LogP contribution in [0, 0.1) is 18.6 Å². The summed E-state index contributed by atoms with van der Waals surface area (Å²) in [6.07, 6.45) is -3.47. The van der Waals surface area contributed by atoms with E-state index >= 15 is 0 Å². The zero-order chi connectivity index (χ0) is 21.6. The molecule has 0 unspecified atom stereocenters. The monoisotopic (exact) mass is 424 g/mol. The number of fused-ring (bicyclic) bond motifs is 2. The SMILES string of the molecule is Cc1c([C@H](NC(=O)Nc2ccc3[nH]ncc3c2)C(F)(F)F)oc2c(F)cc(F)cc12. The fourth-order valence-electron chi connectivity index (χ4n) is 3.15. The number of nitrogens with one attached hydrogen (secondary N) is 3. The minimum Gasteiger partial charge on any atom is -0.455 e. The quantitative estimate of drug-likeness (QED) is 0.389. The number of furan rings is 1. The predicted octanol–water partition coefficient (Wildman–Crippen LogP) is 5.32. The summed E-state index contributed by atoms with van der Waals surface area (Å²) in [5.41, 5.74) is 0.259. The number of H-pyrrole nitrogens is 1. The van der Waals surface area contributed by atoms with Crippen molar-refractivity contribution in [2.24, 2.45) is 0 Å². The fourth-order valence-corrected chi connectivity index (χ4v) is 3.15. The minimum absolute atomic E-state index is 0.133. The maximum absolute atomic E-state index is 13.9. The van der Waals surface area contributed by atoms with Crippen molar-refractivity contribution < 1.29 is 31.2 Å². The van der Waals surface area contributed by atoms with Crippen molar-refractivity contribution in [3.8, 4) is 0 Å². The van der Waals surface area contributed by atoms with Gasteiger partial charge in [-0.2, -0.15) is 18.3 Å². The summed E-state index contributed by atoms with van der Waals surface area (Å²) in [6.45, 7) is 1.23. The van der Waals surface area contributed by atoms with Crippen LogP contribution in [0.25, 0.3) is 21.9 Å². The number of nitrogens with zero attached hydrogens (tertiary/aromatic N) is 1. The van der Waals surface area contributed by atoms with Crippen molar-refractivity contribution in [3.63, 3.8) is 0 Å². The predicted molar refractivity (Wildman–Crippen MR) is 97.9 cm³/mol. The lowest BCUT2D eigenvalue weighted by Crippen LogP contribution is -2.40. The first-order valence-electron chi connectivity index (χ1n) is 8.59. The van der Waals surface area contributed by atoms with Gasteiger partial charge in [0.2, 0.25) is 0 Å². The highest BCUT2D eigenvalue weighted by Crippen LogP contribution is 2.39. The average molecular weight is 424 g/mol. The van der Waals surface area contributed by atoms with Crippen molar-refractivity contribution in [1.82, 2.24) is 15.5 Å². The average Bonchev–Trinajstić information content (AvgIpc) is 3.24. The first kappa shape index (κ1) is 19.7. The maximum Gasteiger partial charge on any atom is 0.416 e. The zero-order valence-electron chi connectivity index (χ0n) is 15.2. The van der Waals surface area contributed by atoms with Crippen LogP contribution in [-0.4, -0.2) is 22.4 Å². The maximum atomic E-state index is 13.9. The van der Waals surface area contributed by atoms with Gasteiger partial charge in [-0.15, -0.1) is 0 Å². The van der Waals surface area contributed by atoms with Crippen LogP contribution >= 0.6 is 0 Å². The molecule has 156 valence electrons. The molecule has 11 heteroatoms. The van der Waals surface area contributed by atoms with Crippen LogP contribution in [0.4, 0.5) is 32.4 Å². The lowest BCUT2D eigenvalue weighted by Gasteiger charge is -2.20. The molecule has 0 aliphatic rings. The number of carbonyl (C=O) groups is 1. The van der Waals surface area contributed by atoms with Crippen molar-refractivity contribution in [3.05, 3.63) is 59.5 Å². The van der Waals surface area contributed by atoms with Crippen molar-refractivity contribution in [2.45, 2.75) is 19.1 Å². The van der Waals surface area contributed by atoms with E-state index in [1.165, 1.54) is 25.3 Å². The van der Waals surface area contributed by atoms with E-state index in [-0.39, 0.29) is 16.6 Å². The van der Waals surface area contributed by atoms with Crippen LogP contribution < -0.4 is 10.6 Å². The molecule has 0 spiro atoms.